The summed E-state index contributed by atoms with van der Waals surface area (Å²) in [6.07, 6.45) is 5.96. The first-order valence-electron chi connectivity index (χ1n) is 7.94. The van der Waals surface area contributed by atoms with Gasteiger partial charge in [-0.1, -0.05) is 27.7 Å². The topological polar surface area (TPSA) is 32.3 Å². The molecular formula is C16H30N2O. The second-order valence-corrected chi connectivity index (χ2v) is 7.26. The Balaban J connectivity index is 2.13. The van der Waals surface area contributed by atoms with Crippen LogP contribution in [-0.2, 0) is 4.79 Å². The Morgan fingerprint density at radius 3 is 2.37 bits per heavy atom. The summed E-state index contributed by atoms with van der Waals surface area (Å²) in [6.45, 7) is 11.9. The lowest BCUT2D eigenvalue weighted by atomic mass is 9.98. The molecule has 0 radical (unpaired) electrons. The van der Waals surface area contributed by atoms with Gasteiger partial charge in [-0.15, -0.1) is 0 Å². The number of rotatable bonds is 6. The van der Waals surface area contributed by atoms with E-state index in [1.165, 1.54) is 19.3 Å². The van der Waals surface area contributed by atoms with Gasteiger partial charge in [0.15, 0.2) is 0 Å². The molecule has 19 heavy (non-hydrogen) atoms. The predicted octanol–water partition coefficient (Wildman–Crippen LogP) is 3.15. The molecule has 0 aromatic carbocycles. The maximum atomic E-state index is 12.7. The Hall–Kier alpha value is -0.570. The first-order chi connectivity index (χ1) is 8.86. The van der Waals surface area contributed by atoms with E-state index in [0.717, 1.165) is 19.4 Å². The summed E-state index contributed by atoms with van der Waals surface area (Å²) in [4.78, 5) is 14.9. The van der Waals surface area contributed by atoms with Crippen molar-refractivity contribution in [1.29, 1.82) is 0 Å². The van der Waals surface area contributed by atoms with Gasteiger partial charge in [0, 0.05) is 6.54 Å². The number of carbonyl (C=O) groups excluding carboxylic acids is 1. The van der Waals surface area contributed by atoms with Gasteiger partial charge in [-0.3, -0.25) is 10.1 Å². The normalized spacial score (nSPS) is 33.3. The van der Waals surface area contributed by atoms with Crippen molar-refractivity contribution >= 4 is 5.91 Å². The van der Waals surface area contributed by atoms with Gasteiger partial charge in [0.2, 0.25) is 5.91 Å². The average Bonchev–Trinajstić information content (AvgIpc) is 3.09. The molecule has 1 saturated heterocycles. The van der Waals surface area contributed by atoms with Crippen LogP contribution in [0, 0.1) is 11.3 Å². The molecule has 2 rings (SSSR count). The van der Waals surface area contributed by atoms with E-state index in [1.807, 2.05) is 0 Å². The number of nitrogens with zero attached hydrogens (tertiary/aromatic N) is 1. The van der Waals surface area contributed by atoms with Crippen LogP contribution in [0.15, 0.2) is 0 Å². The first-order valence-corrected chi connectivity index (χ1v) is 7.94. The third-order valence-electron chi connectivity index (χ3n) is 5.21. The summed E-state index contributed by atoms with van der Waals surface area (Å²) in [5, 5.41) is 3.60. The molecule has 2 atom stereocenters. The zero-order valence-corrected chi connectivity index (χ0v) is 13.3. The molecule has 0 spiro atoms. The Kier molecular flexibility index (Phi) is 3.97. The Morgan fingerprint density at radius 2 is 1.95 bits per heavy atom. The number of hydrogen-bond donors (Lipinski definition) is 1. The fourth-order valence-corrected chi connectivity index (χ4v) is 3.20. The maximum absolute atomic E-state index is 12.7. The highest BCUT2D eigenvalue weighted by atomic mass is 16.2. The van der Waals surface area contributed by atoms with Crippen molar-refractivity contribution in [3.05, 3.63) is 0 Å². The number of nitrogens with one attached hydrogen (secondary N) is 1. The zero-order chi connectivity index (χ0) is 14.3. The van der Waals surface area contributed by atoms with E-state index < -0.39 is 0 Å². The first kappa shape index (κ1) is 14.8. The molecule has 110 valence electrons. The minimum absolute atomic E-state index is 0.237. The summed E-state index contributed by atoms with van der Waals surface area (Å²) >= 11 is 0. The molecule has 2 fully saturated rings. The molecular weight excluding hydrogens is 236 g/mol. The van der Waals surface area contributed by atoms with E-state index in [1.54, 1.807) is 0 Å². The SMILES string of the molecule is CCC1(CN2C(=O)C(C)(CC)NC2CC(C)C)CC1. The van der Waals surface area contributed by atoms with E-state index in [9.17, 15) is 4.79 Å². The lowest BCUT2D eigenvalue weighted by Crippen LogP contribution is -2.44. The second kappa shape index (κ2) is 5.08. The van der Waals surface area contributed by atoms with Crippen LogP contribution >= 0.6 is 0 Å². The molecule has 0 aromatic rings. The molecule has 1 N–H and O–H groups in total. The fourth-order valence-electron chi connectivity index (χ4n) is 3.20. The average molecular weight is 266 g/mol. The van der Waals surface area contributed by atoms with E-state index in [2.05, 4.69) is 44.8 Å². The van der Waals surface area contributed by atoms with Gasteiger partial charge in [-0.05, 0) is 50.4 Å². The Morgan fingerprint density at radius 1 is 1.32 bits per heavy atom. The fraction of sp³-hybridized carbons (Fsp3) is 0.938. The van der Waals surface area contributed by atoms with Crippen molar-refractivity contribution in [3.8, 4) is 0 Å². The van der Waals surface area contributed by atoms with Crippen molar-refractivity contribution in [2.45, 2.75) is 78.4 Å². The van der Waals surface area contributed by atoms with Crippen LogP contribution in [0.5, 0.6) is 0 Å². The molecule has 0 aromatic heterocycles. The van der Waals surface area contributed by atoms with Crippen molar-refractivity contribution in [1.82, 2.24) is 10.2 Å². The smallest absolute Gasteiger partial charge is 0.243 e. The van der Waals surface area contributed by atoms with E-state index >= 15 is 0 Å². The van der Waals surface area contributed by atoms with E-state index in [0.29, 0.717) is 17.2 Å². The molecule has 3 nitrogen and oxygen atoms in total. The number of hydrogen-bond acceptors (Lipinski definition) is 2. The van der Waals surface area contributed by atoms with Gasteiger partial charge in [-0.25, -0.2) is 0 Å². The highest BCUT2D eigenvalue weighted by Crippen LogP contribution is 2.50. The summed E-state index contributed by atoms with van der Waals surface area (Å²) in [7, 11) is 0. The van der Waals surface area contributed by atoms with Crippen LogP contribution in [0.2, 0.25) is 0 Å². The van der Waals surface area contributed by atoms with E-state index in [4.69, 9.17) is 0 Å². The highest BCUT2D eigenvalue weighted by Gasteiger charge is 2.51. The molecule has 2 unspecified atom stereocenters. The lowest BCUT2D eigenvalue weighted by molar-refractivity contribution is -0.133. The van der Waals surface area contributed by atoms with Gasteiger partial charge in [0.05, 0.1) is 11.7 Å². The number of amides is 1. The molecule has 1 saturated carbocycles. The standard InChI is InChI=1S/C16H30N2O/c1-6-15(5)14(19)18(11-16(7-2)8-9-16)13(17-15)10-12(3)4/h12-13,17H,6-11H2,1-5H3. The molecule has 0 bridgehead atoms. The maximum Gasteiger partial charge on any atom is 0.243 e. The van der Waals surface area contributed by atoms with Crippen LogP contribution in [0.3, 0.4) is 0 Å². The van der Waals surface area contributed by atoms with Crippen LogP contribution < -0.4 is 5.32 Å². The summed E-state index contributed by atoms with van der Waals surface area (Å²) in [5.74, 6) is 0.934. The van der Waals surface area contributed by atoms with Crippen molar-refractivity contribution in [3.63, 3.8) is 0 Å². The molecule has 1 aliphatic carbocycles. The second-order valence-electron chi connectivity index (χ2n) is 7.26. The number of carbonyl (C=O) groups is 1. The van der Waals surface area contributed by atoms with Crippen molar-refractivity contribution < 1.29 is 4.79 Å². The van der Waals surface area contributed by atoms with Crippen molar-refractivity contribution in [2.75, 3.05) is 6.54 Å². The van der Waals surface area contributed by atoms with Crippen LogP contribution in [0.1, 0.15) is 66.7 Å². The van der Waals surface area contributed by atoms with Crippen molar-refractivity contribution in [2.24, 2.45) is 11.3 Å². The molecule has 1 aliphatic heterocycles. The monoisotopic (exact) mass is 266 g/mol. The van der Waals surface area contributed by atoms with Gasteiger partial charge in [-0.2, -0.15) is 0 Å². The van der Waals surface area contributed by atoms with Gasteiger partial charge in [0.1, 0.15) is 0 Å². The largest absolute Gasteiger partial charge is 0.325 e. The van der Waals surface area contributed by atoms with Gasteiger partial charge in [0.25, 0.3) is 0 Å². The molecule has 2 aliphatic rings. The zero-order valence-electron chi connectivity index (χ0n) is 13.3. The molecule has 3 heteroatoms. The summed E-state index contributed by atoms with van der Waals surface area (Å²) in [6, 6.07) is 0. The van der Waals surface area contributed by atoms with Gasteiger partial charge >= 0.3 is 0 Å². The Labute approximate surface area is 118 Å². The lowest BCUT2D eigenvalue weighted by Gasteiger charge is -2.29. The molecule has 1 amide bonds. The van der Waals surface area contributed by atoms with Crippen LogP contribution in [0.25, 0.3) is 0 Å². The van der Waals surface area contributed by atoms with Gasteiger partial charge < -0.3 is 4.90 Å². The van der Waals surface area contributed by atoms with Crippen LogP contribution in [0.4, 0.5) is 0 Å². The predicted molar refractivity (Wildman–Crippen MR) is 78.7 cm³/mol. The van der Waals surface area contributed by atoms with E-state index in [-0.39, 0.29) is 11.7 Å². The summed E-state index contributed by atoms with van der Waals surface area (Å²) < 4.78 is 0. The minimum Gasteiger partial charge on any atom is -0.325 e. The highest BCUT2D eigenvalue weighted by molar-refractivity contribution is 5.88. The Bertz CT molecular complexity index is 349. The molecule has 1 heterocycles. The third kappa shape index (κ3) is 2.81. The minimum atomic E-state index is -0.344. The summed E-state index contributed by atoms with van der Waals surface area (Å²) in [5.41, 5.74) is 0.0922. The third-order valence-corrected chi connectivity index (χ3v) is 5.21. The quantitative estimate of drug-likeness (QED) is 0.801. The van der Waals surface area contributed by atoms with Crippen LogP contribution in [-0.4, -0.2) is 29.1 Å².